The second-order valence-corrected chi connectivity index (χ2v) is 9.98. The van der Waals surface area contributed by atoms with E-state index in [2.05, 4.69) is 4.98 Å². The van der Waals surface area contributed by atoms with Gasteiger partial charge in [0.25, 0.3) is 0 Å². The maximum Gasteiger partial charge on any atom is 0.418 e. The predicted octanol–water partition coefficient (Wildman–Crippen LogP) is 7.87. The van der Waals surface area contributed by atoms with Gasteiger partial charge in [0, 0.05) is 11.6 Å². The largest absolute Gasteiger partial charge is 0.489 e. The molecule has 1 aromatic heterocycles. The minimum Gasteiger partial charge on any atom is -0.489 e. The number of carboxylic acids is 1. The summed E-state index contributed by atoms with van der Waals surface area (Å²) in [7, 11) is 0. The number of halogens is 3. The second kappa shape index (κ2) is 12.3. The minimum absolute atomic E-state index is 0.0607. The van der Waals surface area contributed by atoms with Gasteiger partial charge in [0.1, 0.15) is 18.1 Å². The molecular weight excluding hydrogens is 543 g/mol. The highest BCUT2D eigenvalue weighted by Gasteiger charge is 2.33. The molecule has 4 aromatic carbocycles. The third-order valence-electron chi connectivity index (χ3n) is 6.91. The summed E-state index contributed by atoms with van der Waals surface area (Å²) in [5.41, 5.74) is 3.63. The van der Waals surface area contributed by atoms with Gasteiger partial charge in [-0.25, -0.2) is 4.79 Å². The molecule has 0 spiro atoms. The van der Waals surface area contributed by atoms with E-state index in [0.717, 1.165) is 33.9 Å². The van der Waals surface area contributed by atoms with Crippen LogP contribution < -0.4 is 9.47 Å². The van der Waals surface area contributed by atoms with Crippen LogP contribution in [-0.4, -0.2) is 22.2 Å². The van der Waals surface area contributed by atoms with E-state index in [1.54, 1.807) is 36.5 Å². The maximum atomic E-state index is 13.8. The topological polar surface area (TPSA) is 68.7 Å². The lowest BCUT2D eigenvalue weighted by molar-refractivity contribution is -0.144. The van der Waals surface area contributed by atoms with Crippen LogP contribution >= 0.6 is 0 Å². The Balaban J connectivity index is 1.40. The van der Waals surface area contributed by atoms with Gasteiger partial charge in [0.05, 0.1) is 11.1 Å². The highest BCUT2D eigenvalue weighted by atomic mass is 19.4. The Hall–Kier alpha value is -4.85. The van der Waals surface area contributed by atoms with E-state index >= 15 is 0 Å². The fourth-order valence-electron chi connectivity index (χ4n) is 4.76. The lowest BCUT2D eigenvalue weighted by Gasteiger charge is -2.17. The first-order valence-electron chi connectivity index (χ1n) is 13.4. The molecule has 214 valence electrons. The normalized spacial score (nSPS) is 12.2. The van der Waals surface area contributed by atoms with Gasteiger partial charge in [0.15, 0.2) is 6.10 Å². The molecule has 0 amide bonds. The number of fused-ring (bicyclic) bond motifs is 1. The number of carboxylic acid groups (broad SMARTS) is 1. The molecule has 5 nitrogen and oxygen atoms in total. The molecular formula is C34H28F3NO4. The van der Waals surface area contributed by atoms with Gasteiger partial charge in [0.2, 0.25) is 0 Å². The summed E-state index contributed by atoms with van der Waals surface area (Å²) in [6, 6.07) is 28.4. The van der Waals surface area contributed by atoms with Crippen molar-refractivity contribution in [2.45, 2.75) is 38.7 Å². The fourth-order valence-corrected chi connectivity index (χ4v) is 4.76. The number of aliphatic carboxylic acids is 1. The van der Waals surface area contributed by atoms with Crippen LogP contribution in [0.5, 0.6) is 11.5 Å². The molecule has 0 radical (unpaired) electrons. The summed E-state index contributed by atoms with van der Waals surface area (Å²) in [6.07, 6.45) is -2.98. The van der Waals surface area contributed by atoms with Crippen LogP contribution in [0, 0.1) is 0 Å². The molecule has 1 N–H and O–H groups in total. The third-order valence-corrected chi connectivity index (χ3v) is 6.91. The number of hydrogen-bond acceptors (Lipinski definition) is 4. The SMILES string of the molecule is CC(Oc1ccc(COc2cccc(Cc3c(Cc4ccccc4)cnc4c(C(F)(F)F)cccc34)c2)cc1)C(=O)O. The monoisotopic (exact) mass is 571 g/mol. The molecule has 0 fully saturated rings. The standard InChI is InChI=1S/C34H28F3NO4/c1-22(33(39)40)42-27-15-13-24(14-16-27)21-41-28-10-5-9-25(18-28)19-30-26(17-23-7-3-2-4-8-23)20-38-32-29(30)11-6-12-31(32)34(35,36)37/h2-16,18,20,22H,17,19,21H2,1H3,(H,39,40). The number of rotatable bonds is 10. The summed E-state index contributed by atoms with van der Waals surface area (Å²) in [4.78, 5) is 15.3. The third kappa shape index (κ3) is 6.89. The molecule has 1 atom stereocenters. The zero-order valence-corrected chi connectivity index (χ0v) is 22.8. The Morgan fingerprint density at radius 2 is 1.55 bits per heavy atom. The number of alkyl halides is 3. The second-order valence-electron chi connectivity index (χ2n) is 9.98. The first kappa shape index (κ1) is 28.7. The van der Waals surface area contributed by atoms with Crippen molar-refractivity contribution in [1.29, 1.82) is 0 Å². The molecule has 5 rings (SSSR count). The van der Waals surface area contributed by atoms with Crippen molar-refractivity contribution < 1.29 is 32.5 Å². The van der Waals surface area contributed by atoms with Gasteiger partial charge in [-0.3, -0.25) is 4.98 Å². The van der Waals surface area contributed by atoms with Crippen molar-refractivity contribution >= 4 is 16.9 Å². The van der Waals surface area contributed by atoms with Crippen LogP contribution in [0.3, 0.4) is 0 Å². The van der Waals surface area contributed by atoms with Gasteiger partial charge < -0.3 is 14.6 Å². The highest BCUT2D eigenvalue weighted by molar-refractivity contribution is 5.86. The molecule has 0 saturated heterocycles. The number of pyridine rings is 1. The first-order chi connectivity index (χ1) is 20.2. The summed E-state index contributed by atoms with van der Waals surface area (Å²) < 4.78 is 52.8. The van der Waals surface area contributed by atoms with E-state index in [-0.39, 0.29) is 12.1 Å². The number of para-hydroxylation sites is 1. The maximum absolute atomic E-state index is 13.8. The molecule has 0 aliphatic rings. The number of aromatic nitrogens is 1. The van der Waals surface area contributed by atoms with Crippen LogP contribution in [0.2, 0.25) is 0 Å². The molecule has 1 unspecified atom stereocenters. The van der Waals surface area contributed by atoms with E-state index in [1.807, 2.05) is 54.6 Å². The molecule has 42 heavy (non-hydrogen) atoms. The quantitative estimate of drug-likeness (QED) is 0.185. The van der Waals surface area contributed by atoms with Crippen LogP contribution in [0.4, 0.5) is 13.2 Å². The average molecular weight is 572 g/mol. The van der Waals surface area contributed by atoms with Crippen molar-refractivity contribution in [1.82, 2.24) is 4.98 Å². The molecule has 0 aliphatic carbocycles. The summed E-state index contributed by atoms with van der Waals surface area (Å²) in [5, 5.41) is 9.48. The van der Waals surface area contributed by atoms with E-state index < -0.39 is 23.8 Å². The number of carbonyl (C=O) groups is 1. The molecule has 5 aromatic rings. The van der Waals surface area contributed by atoms with Crippen LogP contribution in [0.25, 0.3) is 10.9 Å². The van der Waals surface area contributed by atoms with Gasteiger partial charge in [-0.1, -0.05) is 66.7 Å². The molecule has 0 saturated carbocycles. The first-order valence-corrected chi connectivity index (χ1v) is 13.4. The molecule has 0 bridgehead atoms. The Morgan fingerprint density at radius 3 is 2.26 bits per heavy atom. The summed E-state index contributed by atoms with van der Waals surface area (Å²) in [6.45, 7) is 1.73. The Bertz CT molecular complexity index is 1690. The van der Waals surface area contributed by atoms with Gasteiger partial charge >= 0.3 is 12.1 Å². The number of benzene rings is 4. The minimum atomic E-state index is -4.52. The Labute approximate surface area is 241 Å². The summed E-state index contributed by atoms with van der Waals surface area (Å²) >= 11 is 0. The number of nitrogens with zero attached hydrogens (tertiary/aromatic N) is 1. The Kier molecular flexibility index (Phi) is 8.43. The fraction of sp³-hybridized carbons (Fsp3) is 0.176. The summed E-state index contributed by atoms with van der Waals surface area (Å²) in [5.74, 6) is 0.0153. The van der Waals surface area contributed by atoms with Crippen LogP contribution in [0.1, 0.15) is 40.3 Å². The number of hydrogen-bond donors (Lipinski definition) is 1. The van der Waals surface area contributed by atoms with E-state index in [1.165, 1.54) is 13.0 Å². The molecule has 0 aliphatic heterocycles. The zero-order chi connectivity index (χ0) is 29.7. The highest BCUT2D eigenvalue weighted by Crippen LogP contribution is 2.36. The van der Waals surface area contributed by atoms with Crippen molar-refractivity contribution in [2.75, 3.05) is 0 Å². The van der Waals surface area contributed by atoms with Gasteiger partial charge in [-0.05, 0) is 77.9 Å². The van der Waals surface area contributed by atoms with E-state index in [0.29, 0.717) is 29.7 Å². The average Bonchev–Trinajstić information content (AvgIpc) is 2.98. The molecule has 8 heteroatoms. The molecule has 1 heterocycles. The predicted molar refractivity (Wildman–Crippen MR) is 154 cm³/mol. The Morgan fingerprint density at radius 1 is 0.833 bits per heavy atom. The van der Waals surface area contributed by atoms with Gasteiger partial charge in [-0.2, -0.15) is 13.2 Å². The van der Waals surface area contributed by atoms with Crippen molar-refractivity contribution in [3.05, 3.63) is 137 Å². The zero-order valence-electron chi connectivity index (χ0n) is 22.8. The van der Waals surface area contributed by atoms with Crippen LogP contribution in [0.15, 0.2) is 103 Å². The van der Waals surface area contributed by atoms with Crippen LogP contribution in [-0.2, 0) is 30.4 Å². The van der Waals surface area contributed by atoms with E-state index in [4.69, 9.17) is 14.6 Å². The van der Waals surface area contributed by atoms with Crippen molar-refractivity contribution in [3.63, 3.8) is 0 Å². The van der Waals surface area contributed by atoms with Crippen molar-refractivity contribution in [2.24, 2.45) is 0 Å². The van der Waals surface area contributed by atoms with Crippen molar-refractivity contribution in [3.8, 4) is 11.5 Å². The lowest BCUT2D eigenvalue weighted by Crippen LogP contribution is -2.22. The smallest absolute Gasteiger partial charge is 0.418 e. The number of ether oxygens (including phenoxy) is 2. The lowest BCUT2D eigenvalue weighted by atomic mass is 9.92. The van der Waals surface area contributed by atoms with Gasteiger partial charge in [-0.15, -0.1) is 0 Å². The van der Waals surface area contributed by atoms with E-state index in [9.17, 15) is 18.0 Å².